The van der Waals surface area contributed by atoms with Gasteiger partial charge in [-0.15, -0.1) is 0 Å². The van der Waals surface area contributed by atoms with E-state index < -0.39 is 0 Å². The van der Waals surface area contributed by atoms with Crippen molar-refractivity contribution in [3.8, 4) is 5.75 Å². The van der Waals surface area contributed by atoms with Gasteiger partial charge in [0, 0.05) is 16.5 Å². The number of aryl methyl sites for hydroxylation is 1. The minimum absolute atomic E-state index is 0.312. The molecule has 0 atom stereocenters. The van der Waals surface area contributed by atoms with Gasteiger partial charge in [-0.05, 0) is 18.6 Å². The summed E-state index contributed by atoms with van der Waals surface area (Å²) in [6, 6.07) is 3.76. The van der Waals surface area contributed by atoms with Crippen LogP contribution in [0.15, 0.2) is 16.6 Å². The van der Waals surface area contributed by atoms with Gasteiger partial charge in [-0.1, -0.05) is 22.0 Å². The van der Waals surface area contributed by atoms with Gasteiger partial charge in [-0.3, -0.25) is 0 Å². The Morgan fingerprint density at radius 1 is 1.54 bits per heavy atom. The highest BCUT2D eigenvalue weighted by Gasteiger charge is 2.07. The first-order valence-electron chi connectivity index (χ1n) is 3.95. The van der Waals surface area contributed by atoms with Crippen molar-refractivity contribution in [2.24, 2.45) is 5.90 Å². The lowest BCUT2D eigenvalue weighted by molar-refractivity contribution is 0.140. The number of benzene rings is 1. The Balaban J connectivity index is 2.96. The van der Waals surface area contributed by atoms with Crippen molar-refractivity contribution in [2.45, 2.75) is 13.3 Å². The van der Waals surface area contributed by atoms with Gasteiger partial charge in [-0.25, -0.2) is 5.90 Å². The largest absolute Gasteiger partial charge is 0.507 e. The minimum Gasteiger partial charge on any atom is -0.507 e. The second-order valence-corrected chi connectivity index (χ2v) is 3.67. The van der Waals surface area contributed by atoms with Crippen molar-refractivity contribution < 1.29 is 9.94 Å². The highest BCUT2D eigenvalue weighted by molar-refractivity contribution is 9.10. The third kappa shape index (κ3) is 2.43. The number of nitrogens with two attached hydrogens (primary N) is 1. The van der Waals surface area contributed by atoms with Crippen molar-refractivity contribution in [1.29, 1.82) is 0 Å². The van der Waals surface area contributed by atoms with Crippen LogP contribution in [0, 0.1) is 6.92 Å². The number of hydrogen-bond acceptors (Lipinski definition) is 3. The SMILES string of the molecule is Cc1ccc(Br)c(CCON)c1O. The van der Waals surface area contributed by atoms with E-state index in [4.69, 9.17) is 5.90 Å². The Morgan fingerprint density at radius 2 is 2.23 bits per heavy atom. The van der Waals surface area contributed by atoms with Crippen LogP contribution in [0.25, 0.3) is 0 Å². The topological polar surface area (TPSA) is 55.5 Å². The van der Waals surface area contributed by atoms with Gasteiger partial charge in [0.05, 0.1) is 6.61 Å². The van der Waals surface area contributed by atoms with E-state index >= 15 is 0 Å². The van der Waals surface area contributed by atoms with E-state index in [0.717, 1.165) is 15.6 Å². The highest BCUT2D eigenvalue weighted by atomic mass is 79.9. The van der Waals surface area contributed by atoms with Gasteiger partial charge >= 0.3 is 0 Å². The molecule has 0 fully saturated rings. The summed E-state index contributed by atoms with van der Waals surface area (Å²) in [5.74, 6) is 5.23. The first-order valence-corrected chi connectivity index (χ1v) is 4.74. The summed E-state index contributed by atoms with van der Waals surface area (Å²) in [5.41, 5.74) is 1.70. The summed E-state index contributed by atoms with van der Waals surface area (Å²) >= 11 is 3.36. The molecule has 3 nitrogen and oxygen atoms in total. The van der Waals surface area contributed by atoms with E-state index in [-0.39, 0.29) is 0 Å². The Hall–Kier alpha value is -0.580. The number of aromatic hydroxyl groups is 1. The third-order valence-electron chi connectivity index (χ3n) is 1.90. The molecular formula is C9H12BrNO2. The van der Waals surface area contributed by atoms with Crippen molar-refractivity contribution in [1.82, 2.24) is 0 Å². The van der Waals surface area contributed by atoms with Gasteiger partial charge in [0.2, 0.25) is 0 Å². The standard InChI is InChI=1S/C9H12BrNO2/c1-6-2-3-8(10)7(9(6)12)4-5-13-11/h2-3,12H,4-5,11H2,1H3. The molecule has 0 spiro atoms. The molecule has 3 N–H and O–H groups in total. The molecule has 72 valence electrons. The Labute approximate surface area is 85.6 Å². The highest BCUT2D eigenvalue weighted by Crippen LogP contribution is 2.29. The molecule has 1 aromatic rings. The van der Waals surface area contributed by atoms with E-state index in [1.165, 1.54) is 0 Å². The van der Waals surface area contributed by atoms with Gasteiger partial charge in [0.25, 0.3) is 0 Å². The first kappa shape index (κ1) is 10.5. The molecule has 0 radical (unpaired) electrons. The molecule has 4 heteroatoms. The van der Waals surface area contributed by atoms with Crippen molar-refractivity contribution >= 4 is 15.9 Å². The van der Waals surface area contributed by atoms with Crippen LogP contribution in [-0.2, 0) is 11.3 Å². The first-order chi connectivity index (χ1) is 6.16. The zero-order valence-corrected chi connectivity index (χ0v) is 8.97. The summed E-state index contributed by atoms with van der Waals surface area (Å²) in [5, 5.41) is 9.68. The molecule has 0 aromatic heterocycles. The molecule has 0 saturated carbocycles. The Kier molecular flexibility index (Phi) is 3.71. The second-order valence-electron chi connectivity index (χ2n) is 2.81. The summed E-state index contributed by atoms with van der Waals surface area (Å²) in [6.45, 7) is 2.25. The Morgan fingerprint density at radius 3 is 2.85 bits per heavy atom. The zero-order chi connectivity index (χ0) is 9.84. The van der Waals surface area contributed by atoms with Crippen molar-refractivity contribution in [2.75, 3.05) is 6.61 Å². The molecule has 0 aliphatic carbocycles. The minimum atomic E-state index is 0.312. The maximum Gasteiger partial charge on any atom is 0.122 e. The van der Waals surface area contributed by atoms with Gasteiger partial charge in [-0.2, -0.15) is 0 Å². The predicted octanol–water partition coefficient (Wildman–Crippen LogP) is 1.90. The number of halogens is 1. The number of hydrogen-bond donors (Lipinski definition) is 2. The summed E-state index contributed by atoms with van der Waals surface area (Å²) in [4.78, 5) is 4.46. The Bertz CT molecular complexity index is 302. The van der Waals surface area contributed by atoms with Gasteiger partial charge < -0.3 is 9.94 Å². The number of phenolic OH excluding ortho intramolecular Hbond substituents is 1. The summed E-state index contributed by atoms with van der Waals surface area (Å²) < 4.78 is 0.882. The maximum absolute atomic E-state index is 9.68. The van der Waals surface area contributed by atoms with E-state index in [1.54, 1.807) is 0 Å². The smallest absolute Gasteiger partial charge is 0.122 e. The van der Waals surface area contributed by atoms with Gasteiger partial charge in [0.15, 0.2) is 0 Å². The average Bonchev–Trinajstić information content (AvgIpc) is 2.12. The van der Waals surface area contributed by atoms with E-state index in [2.05, 4.69) is 20.8 Å². The molecule has 0 aliphatic heterocycles. The lowest BCUT2D eigenvalue weighted by Gasteiger charge is -2.08. The van der Waals surface area contributed by atoms with E-state index in [1.807, 2.05) is 19.1 Å². The fourth-order valence-corrected chi connectivity index (χ4v) is 1.65. The molecule has 13 heavy (non-hydrogen) atoms. The van der Waals surface area contributed by atoms with Crippen molar-refractivity contribution in [3.63, 3.8) is 0 Å². The zero-order valence-electron chi connectivity index (χ0n) is 7.38. The van der Waals surface area contributed by atoms with Crippen LogP contribution in [0.4, 0.5) is 0 Å². The molecule has 0 aliphatic rings. The van der Waals surface area contributed by atoms with Crippen LogP contribution in [0.5, 0.6) is 5.75 Å². The molecule has 0 amide bonds. The monoisotopic (exact) mass is 245 g/mol. The molecule has 0 heterocycles. The average molecular weight is 246 g/mol. The normalized spacial score (nSPS) is 10.4. The van der Waals surface area contributed by atoms with Crippen molar-refractivity contribution in [3.05, 3.63) is 27.7 Å². The fraction of sp³-hybridized carbons (Fsp3) is 0.333. The van der Waals surface area contributed by atoms with E-state index in [0.29, 0.717) is 18.8 Å². The van der Waals surface area contributed by atoms with Crippen LogP contribution in [-0.4, -0.2) is 11.7 Å². The van der Waals surface area contributed by atoms with Crippen LogP contribution >= 0.6 is 15.9 Å². The number of phenols is 1. The molecular weight excluding hydrogens is 234 g/mol. The molecule has 0 saturated heterocycles. The molecule has 1 aromatic carbocycles. The lowest BCUT2D eigenvalue weighted by atomic mass is 10.1. The lowest BCUT2D eigenvalue weighted by Crippen LogP contribution is -2.04. The third-order valence-corrected chi connectivity index (χ3v) is 2.64. The predicted molar refractivity (Wildman–Crippen MR) is 54.4 cm³/mol. The van der Waals surface area contributed by atoms with Crippen LogP contribution < -0.4 is 5.90 Å². The van der Waals surface area contributed by atoms with Crippen LogP contribution in [0.2, 0.25) is 0 Å². The maximum atomic E-state index is 9.68. The quantitative estimate of drug-likeness (QED) is 0.801. The van der Waals surface area contributed by atoms with Gasteiger partial charge in [0.1, 0.15) is 5.75 Å². The van der Waals surface area contributed by atoms with E-state index in [9.17, 15) is 5.11 Å². The molecule has 0 bridgehead atoms. The fourth-order valence-electron chi connectivity index (χ4n) is 1.13. The number of rotatable bonds is 3. The van der Waals surface area contributed by atoms with Crippen LogP contribution in [0.1, 0.15) is 11.1 Å². The summed E-state index contributed by atoms with van der Waals surface area (Å²) in [7, 11) is 0. The second kappa shape index (κ2) is 4.60. The van der Waals surface area contributed by atoms with Crippen LogP contribution in [0.3, 0.4) is 0 Å². The molecule has 1 rings (SSSR count). The summed E-state index contributed by atoms with van der Waals surface area (Å²) in [6.07, 6.45) is 0.602. The molecule has 0 unspecified atom stereocenters.